The fourth-order valence-electron chi connectivity index (χ4n) is 2.72. The molecule has 3 aliphatic rings. The molecule has 16 heavy (non-hydrogen) atoms. The molecule has 2 heterocycles. The smallest absolute Gasteiger partial charge is 0.326 e. The van der Waals surface area contributed by atoms with Gasteiger partial charge in [0.25, 0.3) is 0 Å². The molecule has 3 rings (SSSR count). The van der Waals surface area contributed by atoms with Crippen molar-refractivity contribution in [2.45, 2.75) is 38.5 Å². The first-order valence-electron chi connectivity index (χ1n) is 5.12. The third kappa shape index (κ3) is 1.36. The van der Waals surface area contributed by atoms with Gasteiger partial charge in [-0.15, -0.1) is 0 Å². The molecule has 6 heteroatoms. The molecule has 1 amide bonds. The van der Waals surface area contributed by atoms with Gasteiger partial charge in [-0.05, 0) is 6.42 Å². The zero-order valence-corrected chi connectivity index (χ0v) is 9.04. The van der Waals surface area contributed by atoms with Crippen LogP contribution in [0.2, 0.25) is 0 Å². The molecule has 0 unspecified atom stereocenters. The molecule has 0 aromatic carbocycles. The van der Waals surface area contributed by atoms with Crippen molar-refractivity contribution in [3.8, 4) is 0 Å². The number of hydrogen-bond acceptors (Lipinski definition) is 4. The lowest BCUT2D eigenvalue weighted by atomic mass is 9.79. The van der Waals surface area contributed by atoms with Gasteiger partial charge in [-0.25, -0.2) is 4.79 Å². The summed E-state index contributed by atoms with van der Waals surface area (Å²) in [5.41, 5.74) is 0. The number of carboxylic acid groups (broad SMARTS) is 1. The summed E-state index contributed by atoms with van der Waals surface area (Å²) in [6.45, 7) is 2.62. The lowest BCUT2D eigenvalue weighted by Gasteiger charge is -2.34. The molecule has 2 aliphatic heterocycles. The van der Waals surface area contributed by atoms with Crippen molar-refractivity contribution in [3.05, 3.63) is 0 Å². The third-order valence-corrected chi connectivity index (χ3v) is 3.30. The molecule has 0 aromatic rings. The quantitative estimate of drug-likeness (QED) is 0.650. The molecule has 1 saturated carbocycles. The lowest BCUT2D eigenvalue weighted by Crippen LogP contribution is -2.47. The predicted octanol–water partition coefficient (Wildman–Crippen LogP) is -0.378. The van der Waals surface area contributed by atoms with E-state index < -0.39 is 24.1 Å². The molecular weight excluding hydrogens is 214 g/mol. The Kier molecular flexibility index (Phi) is 2.36. The standard InChI is InChI=1S/C10H13NO5/c1-4(12)11-7-3-6(8(11)10(14)15)9(7)16-5(2)13/h6-9H,3H2,1-2H3,(H,14,15)/t6-,7-,8-,9-/m1/s1. The SMILES string of the molecule is CC(=O)O[C@@H]1[C@@H]2C[C@H]1N(C(C)=O)[C@H]2C(=O)O. The van der Waals surface area contributed by atoms with Gasteiger partial charge in [-0.1, -0.05) is 0 Å². The minimum atomic E-state index is -1.03. The highest BCUT2D eigenvalue weighted by atomic mass is 16.5. The summed E-state index contributed by atoms with van der Waals surface area (Å²) in [4.78, 5) is 34.6. The Balaban J connectivity index is 2.19. The summed E-state index contributed by atoms with van der Waals surface area (Å²) >= 11 is 0. The Hall–Kier alpha value is -1.59. The minimum absolute atomic E-state index is 0.254. The second kappa shape index (κ2) is 3.47. The number of fused-ring (bicyclic) bond motifs is 1. The number of carboxylic acids is 1. The van der Waals surface area contributed by atoms with Crippen molar-refractivity contribution in [2.75, 3.05) is 0 Å². The normalized spacial score (nSPS) is 35.5. The number of aliphatic carboxylic acids is 1. The maximum atomic E-state index is 11.4. The number of rotatable bonds is 2. The first-order chi connectivity index (χ1) is 7.43. The first-order valence-corrected chi connectivity index (χ1v) is 5.12. The number of esters is 1. The van der Waals surface area contributed by atoms with Crippen LogP contribution in [0.1, 0.15) is 20.3 Å². The molecule has 0 aromatic heterocycles. The highest BCUT2D eigenvalue weighted by Crippen LogP contribution is 2.47. The maximum Gasteiger partial charge on any atom is 0.326 e. The topological polar surface area (TPSA) is 83.9 Å². The van der Waals surface area contributed by atoms with Crippen molar-refractivity contribution in [1.29, 1.82) is 0 Å². The second-order valence-corrected chi connectivity index (χ2v) is 4.25. The van der Waals surface area contributed by atoms with Gasteiger partial charge in [0.1, 0.15) is 12.1 Å². The van der Waals surface area contributed by atoms with Gasteiger partial charge in [0.05, 0.1) is 6.04 Å². The van der Waals surface area contributed by atoms with E-state index in [0.717, 1.165) is 0 Å². The Labute approximate surface area is 92.2 Å². The molecule has 0 spiro atoms. The number of hydrogen-bond donors (Lipinski definition) is 1. The van der Waals surface area contributed by atoms with Gasteiger partial charge in [-0.2, -0.15) is 0 Å². The number of carbonyl (C=O) groups is 3. The summed E-state index contributed by atoms with van der Waals surface area (Å²) in [5.74, 6) is -2.00. The summed E-state index contributed by atoms with van der Waals surface area (Å²) in [7, 11) is 0. The molecule has 2 saturated heterocycles. The Morgan fingerprint density at radius 1 is 1.31 bits per heavy atom. The van der Waals surface area contributed by atoms with E-state index in [-0.39, 0.29) is 17.9 Å². The minimum Gasteiger partial charge on any atom is -0.480 e. The number of carbonyl (C=O) groups excluding carboxylic acids is 2. The Morgan fingerprint density at radius 2 is 1.94 bits per heavy atom. The van der Waals surface area contributed by atoms with Crippen molar-refractivity contribution < 1.29 is 24.2 Å². The second-order valence-electron chi connectivity index (χ2n) is 4.25. The van der Waals surface area contributed by atoms with Crippen LogP contribution in [0, 0.1) is 5.92 Å². The third-order valence-electron chi connectivity index (χ3n) is 3.30. The van der Waals surface area contributed by atoms with Crippen molar-refractivity contribution in [3.63, 3.8) is 0 Å². The fourth-order valence-corrected chi connectivity index (χ4v) is 2.72. The van der Waals surface area contributed by atoms with Gasteiger partial charge in [0.15, 0.2) is 0 Å². The monoisotopic (exact) mass is 227 g/mol. The van der Waals surface area contributed by atoms with Gasteiger partial charge in [-0.3, -0.25) is 9.59 Å². The number of amides is 1. The summed E-state index contributed by atoms with van der Waals surface area (Å²) < 4.78 is 5.04. The van der Waals surface area contributed by atoms with Crippen molar-refractivity contribution in [1.82, 2.24) is 4.90 Å². The van der Waals surface area contributed by atoms with Crippen LogP contribution in [-0.2, 0) is 19.1 Å². The van der Waals surface area contributed by atoms with Crippen LogP contribution in [0.15, 0.2) is 0 Å². The van der Waals surface area contributed by atoms with E-state index in [1.54, 1.807) is 0 Å². The molecule has 0 radical (unpaired) electrons. The van der Waals surface area contributed by atoms with E-state index in [2.05, 4.69) is 0 Å². The van der Waals surface area contributed by atoms with Gasteiger partial charge in [0, 0.05) is 19.8 Å². The largest absolute Gasteiger partial charge is 0.480 e. The van der Waals surface area contributed by atoms with Crippen LogP contribution >= 0.6 is 0 Å². The number of nitrogens with zero attached hydrogens (tertiary/aromatic N) is 1. The maximum absolute atomic E-state index is 11.4. The molecule has 88 valence electrons. The summed E-state index contributed by atoms with van der Waals surface area (Å²) in [6.07, 6.45) is 0.164. The lowest BCUT2D eigenvalue weighted by molar-refractivity contribution is -0.156. The zero-order valence-electron chi connectivity index (χ0n) is 9.04. The zero-order chi connectivity index (χ0) is 12.0. The van der Waals surface area contributed by atoms with E-state index in [4.69, 9.17) is 9.84 Å². The van der Waals surface area contributed by atoms with Crippen molar-refractivity contribution in [2.24, 2.45) is 5.92 Å². The van der Waals surface area contributed by atoms with Crippen molar-refractivity contribution >= 4 is 17.8 Å². The van der Waals surface area contributed by atoms with E-state index in [1.807, 2.05) is 0 Å². The van der Waals surface area contributed by atoms with Crippen LogP contribution in [0.5, 0.6) is 0 Å². The molecule has 3 fully saturated rings. The van der Waals surface area contributed by atoms with Crippen LogP contribution in [0.25, 0.3) is 0 Å². The average Bonchev–Trinajstić information content (AvgIpc) is 2.66. The highest BCUT2D eigenvalue weighted by Gasteiger charge is 2.63. The molecular formula is C10H13NO5. The predicted molar refractivity (Wildman–Crippen MR) is 51.4 cm³/mol. The fraction of sp³-hybridized carbons (Fsp3) is 0.700. The van der Waals surface area contributed by atoms with Gasteiger partial charge < -0.3 is 14.7 Å². The van der Waals surface area contributed by atoms with E-state index in [1.165, 1.54) is 18.7 Å². The van der Waals surface area contributed by atoms with Gasteiger partial charge >= 0.3 is 11.9 Å². The summed E-state index contributed by atoms with van der Waals surface area (Å²) in [6, 6.07) is -1.10. The highest BCUT2D eigenvalue weighted by molar-refractivity contribution is 5.85. The molecule has 6 nitrogen and oxygen atoms in total. The van der Waals surface area contributed by atoms with E-state index in [9.17, 15) is 14.4 Å². The summed E-state index contributed by atoms with van der Waals surface area (Å²) in [5, 5.41) is 9.05. The van der Waals surface area contributed by atoms with Crippen LogP contribution < -0.4 is 0 Å². The number of ether oxygens (including phenoxy) is 1. The van der Waals surface area contributed by atoms with E-state index >= 15 is 0 Å². The molecule has 2 bridgehead atoms. The molecule has 4 atom stereocenters. The van der Waals surface area contributed by atoms with Crippen LogP contribution in [0.3, 0.4) is 0 Å². The van der Waals surface area contributed by atoms with Crippen LogP contribution in [0.4, 0.5) is 0 Å². The van der Waals surface area contributed by atoms with Crippen LogP contribution in [-0.4, -0.2) is 46.0 Å². The Bertz CT molecular complexity index is 340. The van der Waals surface area contributed by atoms with E-state index in [0.29, 0.717) is 6.42 Å². The molecule has 1 N–H and O–H groups in total. The van der Waals surface area contributed by atoms with Gasteiger partial charge in [0.2, 0.25) is 5.91 Å². The molecule has 1 aliphatic carbocycles. The average molecular weight is 227 g/mol. The first kappa shape index (κ1) is 10.9. The Morgan fingerprint density at radius 3 is 2.31 bits per heavy atom.